The number of pyridine rings is 1. The van der Waals surface area contributed by atoms with Gasteiger partial charge < -0.3 is 10.6 Å². The Labute approximate surface area is 118 Å². The van der Waals surface area contributed by atoms with Crippen LogP contribution in [0.2, 0.25) is 5.02 Å². The van der Waals surface area contributed by atoms with Gasteiger partial charge >= 0.3 is 0 Å². The highest BCUT2D eigenvalue weighted by Crippen LogP contribution is 2.28. The first kappa shape index (κ1) is 12.7. The molecule has 1 aliphatic rings. The number of hydrogen-bond acceptors (Lipinski definition) is 3. The lowest BCUT2D eigenvalue weighted by Crippen LogP contribution is -2.31. The van der Waals surface area contributed by atoms with Crippen LogP contribution in [0.25, 0.3) is 10.9 Å². The summed E-state index contributed by atoms with van der Waals surface area (Å²) in [5, 5.41) is 8.76. The Kier molecular flexibility index (Phi) is 3.85. The molecule has 0 saturated carbocycles. The monoisotopic (exact) mass is 275 g/mol. The van der Waals surface area contributed by atoms with Crippen molar-refractivity contribution in [2.24, 2.45) is 5.92 Å². The molecule has 19 heavy (non-hydrogen) atoms. The zero-order chi connectivity index (χ0) is 13.1. The lowest BCUT2D eigenvalue weighted by molar-refractivity contribution is 0.390. The maximum atomic E-state index is 6.18. The van der Waals surface area contributed by atoms with Crippen LogP contribution < -0.4 is 10.6 Å². The highest BCUT2D eigenvalue weighted by molar-refractivity contribution is 6.35. The summed E-state index contributed by atoms with van der Waals surface area (Å²) < 4.78 is 0. The Bertz CT molecular complexity index is 564. The molecule has 3 rings (SSSR count). The summed E-state index contributed by atoms with van der Waals surface area (Å²) in [6.07, 6.45) is 4.28. The van der Waals surface area contributed by atoms with Crippen LogP contribution in [0.1, 0.15) is 12.8 Å². The molecule has 100 valence electrons. The minimum absolute atomic E-state index is 0.711. The number of rotatable bonds is 3. The molecule has 0 bridgehead atoms. The normalized spacial score (nSPS) is 16.7. The number of fused-ring (bicyclic) bond motifs is 1. The van der Waals surface area contributed by atoms with E-state index in [9.17, 15) is 0 Å². The van der Waals surface area contributed by atoms with Crippen LogP contribution in [0, 0.1) is 5.92 Å². The molecule has 1 fully saturated rings. The maximum absolute atomic E-state index is 6.18. The van der Waals surface area contributed by atoms with Crippen LogP contribution >= 0.6 is 11.6 Å². The molecule has 0 radical (unpaired) electrons. The third-order valence-electron chi connectivity index (χ3n) is 3.76. The first-order valence-corrected chi connectivity index (χ1v) is 7.20. The van der Waals surface area contributed by atoms with Gasteiger partial charge in [-0.05, 0) is 56.1 Å². The van der Waals surface area contributed by atoms with Crippen molar-refractivity contribution in [1.82, 2.24) is 10.3 Å². The SMILES string of the molecule is Clc1ccc(NCC2CCNCC2)c2cccnc12. The van der Waals surface area contributed by atoms with Crippen molar-refractivity contribution in [2.45, 2.75) is 12.8 Å². The van der Waals surface area contributed by atoms with Gasteiger partial charge in [0.15, 0.2) is 0 Å². The highest BCUT2D eigenvalue weighted by Gasteiger charge is 2.13. The molecule has 1 aliphatic heterocycles. The second kappa shape index (κ2) is 5.76. The largest absolute Gasteiger partial charge is 0.384 e. The average Bonchev–Trinajstić information content (AvgIpc) is 2.48. The summed E-state index contributed by atoms with van der Waals surface area (Å²) in [6.45, 7) is 3.29. The van der Waals surface area contributed by atoms with E-state index in [4.69, 9.17) is 11.6 Å². The smallest absolute Gasteiger partial charge is 0.0908 e. The summed E-state index contributed by atoms with van der Waals surface area (Å²) in [6, 6.07) is 7.99. The van der Waals surface area contributed by atoms with Gasteiger partial charge in [-0.3, -0.25) is 4.98 Å². The van der Waals surface area contributed by atoms with E-state index < -0.39 is 0 Å². The summed E-state index contributed by atoms with van der Waals surface area (Å²) in [5.41, 5.74) is 2.01. The number of nitrogens with one attached hydrogen (secondary N) is 2. The van der Waals surface area contributed by atoms with Crippen molar-refractivity contribution in [2.75, 3.05) is 25.0 Å². The quantitative estimate of drug-likeness (QED) is 0.902. The molecule has 0 aliphatic carbocycles. The fourth-order valence-electron chi connectivity index (χ4n) is 2.63. The molecule has 0 spiro atoms. The van der Waals surface area contributed by atoms with Crippen molar-refractivity contribution in [3.05, 3.63) is 35.5 Å². The van der Waals surface area contributed by atoms with Crippen LogP contribution in [0.15, 0.2) is 30.5 Å². The van der Waals surface area contributed by atoms with E-state index in [1.54, 1.807) is 6.20 Å². The number of anilines is 1. The minimum atomic E-state index is 0.711. The molecule has 3 nitrogen and oxygen atoms in total. The molecule has 0 unspecified atom stereocenters. The third kappa shape index (κ3) is 2.82. The first-order valence-electron chi connectivity index (χ1n) is 6.82. The summed E-state index contributed by atoms with van der Waals surface area (Å²) in [7, 11) is 0. The Hall–Kier alpha value is -1.32. The van der Waals surface area contributed by atoms with Gasteiger partial charge in [-0.1, -0.05) is 11.6 Å². The number of aromatic nitrogens is 1. The van der Waals surface area contributed by atoms with E-state index in [0.29, 0.717) is 5.02 Å². The molecule has 2 aromatic rings. The maximum Gasteiger partial charge on any atom is 0.0908 e. The van der Waals surface area contributed by atoms with Crippen LogP contribution in [0.3, 0.4) is 0 Å². The van der Waals surface area contributed by atoms with Crippen molar-refractivity contribution in [1.29, 1.82) is 0 Å². The lowest BCUT2D eigenvalue weighted by atomic mass is 9.98. The number of nitrogens with zero attached hydrogens (tertiary/aromatic N) is 1. The number of piperidine rings is 1. The number of hydrogen-bond donors (Lipinski definition) is 2. The highest BCUT2D eigenvalue weighted by atomic mass is 35.5. The summed E-state index contributed by atoms with van der Waals surface area (Å²) >= 11 is 6.18. The molecule has 1 saturated heterocycles. The standard InChI is InChI=1S/C15H18ClN3/c16-13-3-4-14(12-2-1-7-18-15(12)13)19-10-11-5-8-17-9-6-11/h1-4,7,11,17,19H,5-6,8-10H2. The van der Waals surface area contributed by atoms with Crippen LogP contribution in [0.5, 0.6) is 0 Å². The molecule has 4 heteroatoms. The number of benzene rings is 1. The third-order valence-corrected chi connectivity index (χ3v) is 4.07. The van der Waals surface area contributed by atoms with E-state index in [1.165, 1.54) is 12.8 Å². The second-order valence-electron chi connectivity index (χ2n) is 5.07. The zero-order valence-corrected chi connectivity index (χ0v) is 11.6. The van der Waals surface area contributed by atoms with Gasteiger partial charge in [0.1, 0.15) is 0 Å². The van der Waals surface area contributed by atoms with E-state index >= 15 is 0 Å². The number of halogens is 1. The van der Waals surface area contributed by atoms with E-state index in [-0.39, 0.29) is 0 Å². The first-order chi connectivity index (χ1) is 9.34. The summed E-state index contributed by atoms with van der Waals surface area (Å²) in [5.74, 6) is 0.753. The fraction of sp³-hybridized carbons (Fsp3) is 0.400. The molecular weight excluding hydrogens is 258 g/mol. The average molecular weight is 276 g/mol. The van der Waals surface area contributed by atoms with Gasteiger partial charge in [-0.15, -0.1) is 0 Å². The fourth-order valence-corrected chi connectivity index (χ4v) is 2.85. The molecule has 1 aromatic heterocycles. The molecule has 1 aromatic carbocycles. The summed E-state index contributed by atoms with van der Waals surface area (Å²) in [4.78, 5) is 4.35. The van der Waals surface area contributed by atoms with Crippen LogP contribution in [-0.2, 0) is 0 Å². The van der Waals surface area contributed by atoms with Gasteiger partial charge in [0.2, 0.25) is 0 Å². The van der Waals surface area contributed by atoms with Gasteiger partial charge in [0.05, 0.1) is 10.5 Å². The van der Waals surface area contributed by atoms with E-state index in [0.717, 1.165) is 42.1 Å². The molecule has 2 heterocycles. The van der Waals surface area contributed by atoms with Crippen molar-refractivity contribution in [3.63, 3.8) is 0 Å². The van der Waals surface area contributed by atoms with E-state index in [1.807, 2.05) is 18.2 Å². The van der Waals surface area contributed by atoms with Gasteiger partial charge in [0, 0.05) is 23.8 Å². The Balaban J connectivity index is 1.79. The van der Waals surface area contributed by atoms with Crippen LogP contribution in [-0.4, -0.2) is 24.6 Å². The predicted octanol–water partition coefficient (Wildman–Crippen LogP) is 3.30. The van der Waals surface area contributed by atoms with Crippen molar-refractivity contribution >= 4 is 28.2 Å². The molecule has 0 atom stereocenters. The predicted molar refractivity (Wildman–Crippen MR) is 80.8 cm³/mol. The zero-order valence-electron chi connectivity index (χ0n) is 10.8. The van der Waals surface area contributed by atoms with E-state index in [2.05, 4.69) is 21.7 Å². The van der Waals surface area contributed by atoms with Gasteiger partial charge in [0.25, 0.3) is 0 Å². The second-order valence-corrected chi connectivity index (χ2v) is 5.48. The Morgan fingerprint density at radius 1 is 1.26 bits per heavy atom. The Morgan fingerprint density at radius 3 is 2.95 bits per heavy atom. The van der Waals surface area contributed by atoms with Crippen LogP contribution in [0.4, 0.5) is 5.69 Å². The minimum Gasteiger partial charge on any atom is -0.384 e. The van der Waals surface area contributed by atoms with Crippen molar-refractivity contribution < 1.29 is 0 Å². The topological polar surface area (TPSA) is 37.0 Å². The Morgan fingerprint density at radius 2 is 2.11 bits per heavy atom. The molecule has 2 N–H and O–H groups in total. The van der Waals surface area contributed by atoms with Crippen molar-refractivity contribution in [3.8, 4) is 0 Å². The van der Waals surface area contributed by atoms with Gasteiger partial charge in [-0.25, -0.2) is 0 Å². The lowest BCUT2D eigenvalue weighted by Gasteiger charge is -2.23. The molecular formula is C15H18ClN3. The van der Waals surface area contributed by atoms with Gasteiger partial charge in [-0.2, -0.15) is 0 Å². The molecule has 0 amide bonds.